The monoisotopic (exact) mass is 246 g/mol. The molecule has 0 amide bonds. The first-order valence-corrected chi connectivity index (χ1v) is 6.73. The smallest absolute Gasteiger partial charge is 0.110 e. The molecule has 2 nitrogen and oxygen atoms in total. The fourth-order valence-corrected chi connectivity index (χ4v) is 2.14. The van der Waals surface area contributed by atoms with Crippen molar-refractivity contribution in [3.05, 3.63) is 48.0 Å². The van der Waals surface area contributed by atoms with Crippen molar-refractivity contribution >= 4 is 0 Å². The van der Waals surface area contributed by atoms with Crippen molar-refractivity contribution < 1.29 is 9.47 Å². The number of hydrogen-bond donors (Lipinski definition) is 0. The average molecular weight is 246 g/mol. The zero-order valence-corrected chi connectivity index (χ0v) is 11.2. The molecule has 0 unspecified atom stereocenters. The zero-order chi connectivity index (χ0) is 12.8. The van der Waals surface area contributed by atoms with Crippen LogP contribution in [0.3, 0.4) is 0 Å². The summed E-state index contributed by atoms with van der Waals surface area (Å²) < 4.78 is 11.6. The summed E-state index contributed by atoms with van der Waals surface area (Å²) in [6, 6.07) is 10.3. The number of allylic oxidation sites excluding steroid dienone is 2. The van der Waals surface area contributed by atoms with Crippen molar-refractivity contribution in [2.45, 2.75) is 51.6 Å². The maximum atomic E-state index is 6.01. The summed E-state index contributed by atoms with van der Waals surface area (Å²) in [5.41, 5.74) is 1.22. The molecule has 0 saturated carbocycles. The summed E-state index contributed by atoms with van der Waals surface area (Å²) in [6.07, 6.45) is 7.23. The topological polar surface area (TPSA) is 21.8 Å². The molecule has 18 heavy (non-hydrogen) atoms. The highest BCUT2D eigenvalue weighted by atomic mass is 16.6. The summed E-state index contributed by atoms with van der Waals surface area (Å²) in [4.78, 5) is 0. The lowest BCUT2D eigenvalue weighted by atomic mass is 10.1. The number of epoxide rings is 1. The molecule has 1 heterocycles. The van der Waals surface area contributed by atoms with E-state index in [1.54, 1.807) is 0 Å². The van der Waals surface area contributed by atoms with Crippen molar-refractivity contribution in [2.24, 2.45) is 0 Å². The lowest BCUT2D eigenvalue weighted by Gasteiger charge is -2.15. The maximum absolute atomic E-state index is 6.01. The molecule has 98 valence electrons. The van der Waals surface area contributed by atoms with Crippen LogP contribution >= 0.6 is 0 Å². The summed E-state index contributed by atoms with van der Waals surface area (Å²) in [6.45, 7) is 4.84. The Hall–Kier alpha value is -1.12. The third-order valence-electron chi connectivity index (χ3n) is 3.28. The Morgan fingerprint density at radius 3 is 2.67 bits per heavy atom. The number of benzene rings is 1. The molecule has 0 bridgehead atoms. The maximum Gasteiger partial charge on any atom is 0.110 e. The van der Waals surface area contributed by atoms with E-state index in [9.17, 15) is 0 Å². The van der Waals surface area contributed by atoms with Gasteiger partial charge in [-0.25, -0.2) is 0 Å². The predicted octanol–water partition coefficient (Wildman–Crippen LogP) is 3.72. The van der Waals surface area contributed by atoms with E-state index in [0.29, 0.717) is 18.8 Å². The van der Waals surface area contributed by atoms with Gasteiger partial charge in [0.15, 0.2) is 0 Å². The second-order valence-electron chi connectivity index (χ2n) is 4.79. The van der Waals surface area contributed by atoms with E-state index >= 15 is 0 Å². The second kappa shape index (κ2) is 6.72. The molecule has 0 N–H and O–H groups in total. The Bertz CT molecular complexity index is 372. The number of ether oxygens (including phenoxy) is 2. The minimum absolute atomic E-state index is 0.219. The van der Waals surface area contributed by atoms with Gasteiger partial charge in [0.1, 0.15) is 6.10 Å². The van der Waals surface area contributed by atoms with Gasteiger partial charge in [0, 0.05) is 0 Å². The van der Waals surface area contributed by atoms with E-state index in [0.717, 1.165) is 12.8 Å². The molecule has 0 radical (unpaired) electrons. The van der Waals surface area contributed by atoms with Crippen LogP contribution in [-0.2, 0) is 16.1 Å². The Balaban J connectivity index is 1.81. The van der Waals surface area contributed by atoms with Crippen molar-refractivity contribution in [2.75, 3.05) is 0 Å². The van der Waals surface area contributed by atoms with Gasteiger partial charge in [0.25, 0.3) is 0 Å². The first kappa shape index (κ1) is 13.3. The third kappa shape index (κ3) is 3.97. The van der Waals surface area contributed by atoms with E-state index in [-0.39, 0.29) is 6.10 Å². The number of rotatable bonds is 7. The van der Waals surface area contributed by atoms with Crippen LogP contribution in [0, 0.1) is 0 Å². The first-order chi connectivity index (χ1) is 8.81. The molecule has 0 aliphatic carbocycles. The molecule has 1 aromatic rings. The molecule has 2 rings (SSSR count). The molecule has 3 atom stereocenters. The van der Waals surface area contributed by atoms with Gasteiger partial charge in [-0.2, -0.15) is 0 Å². The van der Waals surface area contributed by atoms with Crippen LogP contribution < -0.4 is 0 Å². The molecular formula is C16H22O2. The SMILES string of the molecule is C/C=C\CC[C@@H](OCc1ccccc1)[C@@H]1O[C@@H]1C. The van der Waals surface area contributed by atoms with E-state index in [2.05, 4.69) is 38.1 Å². The van der Waals surface area contributed by atoms with E-state index in [4.69, 9.17) is 9.47 Å². The number of hydrogen-bond acceptors (Lipinski definition) is 2. The summed E-state index contributed by atoms with van der Waals surface area (Å²) >= 11 is 0. The zero-order valence-electron chi connectivity index (χ0n) is 11.2. The lowest BCUT2D eigenvalue weighted by Crippen LogP contribution is -2.21. The molecule has 0 spiro atoms. The van der Waals surface area contributed by atoms with Gasteiger partial charge in [0.2, 0.25) is 0 Å². The van der Waals surface area contributed by atoms with Crippen LogP contribution in [0.1, 0.15) is 32.3 Å². The van der Waals surface area contributed by atoms with E-state index < -0.39 is 0 Å². The van der Waals surface area contributed by atoms with Crippen LogP contribution in [0.2, 0.25) is 0 Å². The standard InChI is InChI=1S/C16H22O2/c1-3-4-6-11-15(16-13(2)18-16)17-12-14-9-7-5-8-10-14/h3-5,7-10,13,15-16H,6,11-12H2,1-2H3/b4-3-/t13-,15-,16-/m1/s1. The van der Waals surface area contributed by atoms with Gasteiger partial charge in [0.05, 0.1) is 18.8 Å². The molecule has 0 aromatic heterocycles. The predicted molar refractivity (Wildman–Crippen MR) is 73.4 cm³/mol. The largest absolute Gasteiger partial charge is 0.371 e. The van der Waals surface area contributed by atoms with Gasteiger partial charge < -0.3 is 9.47 Å². The minimum Gasteiger partial charge on any atom is -0.371 e. The first-order valence-electron chi connectivity index (χ1n) is 6.73. The minimum atomic E-state index is 0.219. The highest BCUT2D eigenvalue weighted by Crippen LogP contribution is 2.29. The average Bonchev–Trinajstić information content (AvgIpc) is 3.12. The van der Waals surface area contributed by atoms with Gasteiger partial charge >= 0.3 is 0 Å². The quantitative estimate of drug-likeness (QED) is 0.540. The summed E-state index contributed by atoms with van der Waals surface area (Å²) in [7, 11) is 0. The Morgan fingerprint density at radius 2 is 2.06 bits per heavy atom. The van der Waals surface area contributed by atoms with Crippen LogP contribution in [0.25, 0.3) is 0 Å². The lowest BCUT2D eigenvalue weighted by molar-refractivity contribution is 0.0170. The van der Waals surface area contributed by atoms with Crippen molar-refractivity contribution in [1.29, 1.82) is 0 Å². The molecule has 2 heteroatoms. The molecule has 1 aliphatic rings. The normalized spacial score (nSPS) is 24.3. The van der Waals surface area contributed by atoms with Crippen LogP contribution in [0.4, 0.5) is 0 Å². The molecule has 1 fully saturated rings. The van der Waals surface area contributed by atoms with Gasteiger partial charge in [-0.05, 0) is 32.3 Å². The van der Waals surface area contributed by atoms with Gasteiger partial charge in [-0.15, -0.1) is 0 Å². The van der Waals surface area contributed by atoms with E-state index in [1.165, 1.54) is 5.56 Å². The molecule has 1 aliphatic heterocycles. The van der Waals surface area contributed by atoms with Crippen molar-refractivity contribution in [1.82, 2.24) is 0 Å². The summed E-state index contributed by atoms with van der Waals surface area (Å²) in [5.74, 6) is 0. The Labute approximate surface area is 110 Å². The van der Waals surface area contributed by atoms with Gasteiger partial charge in [-0.3, -0.25) is 0 Å². The van der Waals surface area contributed by atoms with Crippen LogP contribution in [0.15, 0.2) is 42.5 Å². The Morgan fingerprint density at radius 1 is 1.33 bits per heavy atom. The fourth-order valence-electron chi connectivity index (χ4n) is 2.14. The summed E-state index contributed by atoms with van der Waals surface area (Å²) in [5, 5.41) is 0. The second-order valence-corrected chi connectivity index (χ2v) is 4.79. The third-order valence-corrected chi connectivity index (χ3v) is 3.28. The van der Waals surface area contributed by atoms with Crippen molar-refractivity contribution in [3.63, 3.8) is 0 Å². The van der Waals surface area contributed by atoms with Crippen molar-refractivity contribution in [3.8, 4) is 0 Å². The highest BCUT2D eigenvalue weighted by Gasteiger charge is 2.41. The van der Waals surface area contributed by atoms with Crippen LogP contribution in [0.5, 0.6) is 0 Å². The van der Waals surface area contributed by atoms with Crippen LogP contribution in [-0.4, -0.2) is 18.3 Å². The molecule has 1 saturated heterocycles. The fraction of sp³-hybridized carbons (Fsp3) is 0.500. The van der Waals surface area contributed by atoms with E-state index in [1.807, 2.05) is 18.2 Å². The van der Waals surface area contributed by atoms with Gasteiger partial charge in [-0.1, -0.05) is 42.5 Å². The molecular weight excluding hydrogens is 224 g/mol. The highest BCUT2D eigenvalue weighted by molar-refractivity contribution is 5.13. The Kier molecular flexibility index (Phi) is 4.97. The molecule has 1 aromatic carbocycles.